The summed E-state index contributed by atoms with van der Waals surface area (Å²) in [6.45, 7) is 6.50. The number of nitrogens with zero attached hydrogens (tertiary/aromatic N) is 1. The Balaban J connectivity index is 2.08. The highest BCUT2D eigenvalue weighted by Gasteiger charge is 2.12. The molecule has 94 valence electrons. The van der Waals surface area contributed by atoms with Gasteiger partial charge in [0.25, 0.3) is 0 Å². The van der Waals surface area contributed by atoms with E-state index in [4.69, 9.17) is 0 Å². The summed E-state index contributed by atoms with van der Waals surface area (Å²) in [5.74, 6) is 0. The maximum atomic E-state index is 4.39. The van der Waals surface area contributed by atoms with Gasteiger partial charge in [-0.1, -0.05) is 30.3 Å². The van der Waals surface area contributed by atoms with Gasteiger partial charge in [-0.25, -0.2) is 0 Å². The fourth-order valence-corrected chi connectivity index (χ4v) is 2.25. The first-order valence-electron chi connectivity index (χ1n) is 6.41. The lowest BCUT2D eigenvalue weighted by Gasteiger charge is -2.21. The monoisotopic (exact) mass is 240 g/mol. The molecule has 2 rings (SSSR count). The van der Waals surface area contributed by atoms with Crippen LogP contribution in [-0.4, -0.2) is 4.98 Å². The van der Waals surface area contributed by atoms with E-state index in [1.165, 1.54) is 11.1 Å². The van der Waals surface area contributed by atoms with Crippen LogP contribution in [0.15, 0.2) is 48.7 Å². The number of hydrogen-bond donors (Lipinski definition) is 1. The van der Waals surface area contributed by atoms with Gasteiger partial charge in [0.2, 0.25) is 0 Å². The molecule has 18 heavy (non-hydrogen) atoms. The molecule has 0 fully saturated rings. The minimum absolute atomic E-state index is 0.251. The maximum absolute atomic E-state index is 4.39. The van der Waals surface area contributed by atoms with Crippen LogP contribution in [-0.2, 0) is 0 Å². The average Bonchev–Trinajstić information content (AvgIpc) is 2.40. The van der Waals surface area contributed by atoms with Crippen molar-refractivity contribution in [3.63, 3.8) is 0 Å². The third-order valence-corrected chi connectivity index (χ3v) is 3.29. The van der Waals surface area contributed by atoms with Crippen LogP contribution in [0.2, 0.25) is 0 Å². The minimum Gasteiger partial charge on any atom is -0.302 e. The Morgan fingerprint density at radius 3 is 2.33 bits per heavy atom. The Labute approximate surface area is 109 Å². The Kier molecular flexibility index (Phi) is 4.11. The molecule has 0 amide bonds. The molecule has 0 aliphatic carbocycles. The fourth-order valence-electron chi connectivity index (χ4n) is 2.25. The first kappa shape index (κ1) is 12.8. The molecule has 2 heteroatoms. The van der Waals surface area contributed by atoms with Gasteiger partial charge in [-0.15, -0.1) is 0 Å². The first-order chi connectivity index (χ1) is 8.68. The van der Waals surface area contributed by atoms with E-state index in [1.54, 1.807) is 0 Å². The third-order valence-electron chi connectivity index (χ3n) is 3.29. The number of aryl methyl sites for hydroxylation is 1. The van der Waals surface area contributed by atoms with Crippen molar-refractivity contribution in [2.75, 3.05) is 0 Å². The van der Waals surface area contributed by atoms with E-state index < -0.39 is 0 Å². The zero-order valence-corrected chi connectivity index (χ0v) is 11.2. The van der Waals surface area contributed by atoms with E-state index >= 15 is 0 Å². The van der Waals surface area contributed by atoms with E-state index in [-0.39, 0.29) is 6.04 Å². The predicted molar refractivity (Wildman–Crippen MR) is 75.4 cm³/mol. The van der Waals surface area contributed by atoms with Crippen molar-refractivity contribution in [3.8, 4) is 0 Å². The van der Waals surface area contributed by atoms with Crippen molar-refractivity contribution < 1.29 is 0 Å². The van der Waals surface area contributed by atoms with Crippen molar-refractivity contribution in [2.24, 2.45) is 0 Å². The molecule has 2 aromatic rings. The largest absolute Gasteiger partial charge is 0.302 e. The molecule has 2 nitrogen and oxygen atoms in total. The summed E-state index contributed by atoms with van der Waals surface area (Å²) in [5.41, 5.74) is 3.75. The SMILES string of the molecule is Cc1ccccc1C(C)N[C@H](C)c1ccccn1. The van der Waals surface area contributed by atoms with Crippen LogP contribution in [0.4, 0.5) is 0 Å². The number of pyridine rings is 1. The van der Waals surface area contributed by atoms with Gasteiger partial charge in [-0.05, 0) is 44.0 Å². The molecule has 0 bridgehead atoms. The molecule has 0 aliphatic heterocycles. The van der Waals surface area contributed by atoms with E-state index in [0.29, 0.717) is 6.04 Å². The van der Waals surface area contributed by atoms with Gasteiger partial charge in [0.05, 0.1) is 5.69 Å². The highest BCUT2D eigenvalue weighted by atomic mass is 15.0. The van der Waals surface area contributed by atoms with Crippen molar-refractivity contribution >= 4 is 0 Å². The summed E-state index contributed by atoms with van der Waals surface area (Å²) < 4.78 is 0. The molecule has 0 aliphatic rings. The molecule has 0 radical (unpaired) electrons. The van der Waals surface area contributed by atoms with Gasteiger partial charge < -0.3 is 5.32 Å². The Hall–Kier alpha value is -1.67. The van der Waals surface area contributed by atoms with Crippen LogP contribution in [0.3, 0.4) is 0 Å². The summed E-state index contributed by atoms with van der Waals surface area (Å²) >= 11 is 0. The zero-order valence-electron chi connectivity index (χ0n) is 11.2. The number of benzene rings is 1. The van der Waals surface area contributed by atoms with E-state index in [1.807, 2.05) is 18.3 Å². The van der Waals surface area contributed by atoms with E-state index in [0.717, 1.165) is 5.69 Å². The topological polar surface area (TPSA) is 24.9 Å². The van der Waals surface area contributed by atoms with Crippen molar-refractivity contribution in [3.05, 3.63) is 65.5 Å². The molecule has 0 saturated heterocycles. The molecular weight excluding hydrogens is 220 g/mol. The molecule has 1 N–H and O–H groups in total. The van der Waals surface area contributed by atoms with Crippen LogP contribution in [0.5, 0.6) is 0 Å². The lowest BCUT2D eigenvalue weighted by atomic mass is 10.0. The summed E-state index contributed by atoms with van der Waals surface area (Å²) in [5, 5.41) is 3.59. The van der Waals surface area contributed by atoms with Gasteiger partial charge in [-0.2, -0.15) is 0 Å². The number of rotatable bonds is 4. The summed E-state index contributed by atoms with van der Waals surface area (Å²) in [6, 6.07) is 15.1. The number of aromatic nitrogens is 1. The van der Waals surface area contributed by atoms with Crippen molar-refractivity contribution in [1.82, 2.24) is 10.3 Å². The van der Waals surface area contributed by atoms with Crippen LogP contribution in [0.1, 0.15) is 42.8 Å². The fraction of sp³-hybridized carbons (Fsp3) is 0.312. The standard InChI is InChI=1S/C16H20N2/c1-12-8-4-5-9-15(12)13(2)18-14(3)16-10-6-7-11-17-16/h4-11,13-14,18H,1-3H3/t13?,14-/m1/s1. The van der Waals surface area contributed by atoms with E-state index in [2.05, 4.69) is 61.4 Å². The number of hydrogen-bond acceptors (Lipinski definition) is 2. The maximum Gasteiger partial charge on any atom is 0.0570 e. The van der Waals surface area contributed by atoms with Crippen molar-refractivity contribution in [2.45, 2.75) is 32.9 Å². The lowest BCUT2D eigenvalue weighted by Crippen LogP contribution is -2.23. The second kappa shape index (κ2) is 5.78. The molecule has 1 aromatic heterocycles. The third kappa shape index (κ3) is 2.96. The second-order valence-electron chi connectivity index (χ2n) is 4.72. The highest BCUT2D eigenvalue weighted by molar-refractivity contribution is 5.28. The quantitative estimate of drug-likeness (QED) is 0.879. The molecular formula is C16H20N2. The highest BCUT2D eigenvalue weighted by Crippen LogP contribution is 2.20. The van der Waals surface area contributed by atoms with Gasteiger partial charge in [0.15, 0.2) is 0 Å². The van der Waals surface area contributed by atoms with Gasteiger partial charge in [0, 0.05) is 18.3 Å². The Bertz CT molecular complexity index is 493. The molecule has 2 atom stereocenters. The average molecular weight is 240 g/mol. The number of nitrogens with one attached hydrogen (secondary N) is 1. The van der Waals surface area contributed by atoms with Gasteiger partial charge >= 0.3 is 0 Å². The smallest absolute Gasteiger partial charge is 0.0570 e. The molecule has 0 saturated carbocycles. The molecule has 0 spiro atoms. The van der Waals surface area contributed by atoms with Gasteiger partial charge in [-0.3, -0.25) is 4.98 Å². The van der Waals surface area contributed by atoms with Gasteiger partial charge in [0.1, 0.15) is 0 Å². The van der Waals surface area contributed by atoms with Crippen LogP contribution in [0.25, 0.3) is 0 Å². The minimum atomic E-state index is 0.251. The Morgan fingerprint density at radius 2 is 1.67 bits per heavy atom. The van der Waals surface area contributed by atoms with E-state index in [9.17, 15) is 0 Å². The van der Waals surface area contributed by atoms with Crippen molar-refractivity contribution in [1.29, 1.82) is 0 Å². The second-order valence-corrected chi connectivity index (χ2v) is 4.72. The normalized spacial score (nSPS) is 14.2. The molecule has 1 aromatic carbocycles. The molecule has 1 heterocycles. The molecule has 1 unspecified atom stereocenters. The summed E-state index contributed by atoms with van der Waals surface area (Å²) in [7, 11) is 0. The Morgan fingerprint density at radius 1 is 0.944 bits per heavy atom. The first-order valence-corrected chi connectivity index (χ1v) is 6.41. The zero-order chi connectivity index (χ0) is 13.0. The lowest BCUT2D eigenvalue weighted by molar-refractivity contribution is 0.485. The van der Waals surface area contributed by atoms with Crippen LogP contribution >= 0.6 is 0 Å². The van der Waals surface area contributed by atoms with Crippen LogP contribution < -0.4 is 5.32 Å². The summed E-state index contributed by atoms with van der Waals surface area (Å²) in [6.07, 6.45) is 1.84. The summed E-state index contributed by atoms with van der Waals surface area (Å²) in [4.78, 5) is 4.39. The predicted octanol–water partition coefficient (Wildman–Crippen LogP) is 3.80. The van der Waals surface area contributed by atoms with Crippen LogP contribution in [0, 0.1) is 6.92 Å².